The van der Waals surface area contributed by atoms with Gasteiger partial charge in [-0.25, -0.2) is 17.7 Å². The highest BCUT2D eigenvalue weighted by atomic mass is 35.5. The van der Waals surface area contributed by atoms with Gasteiger partial charge in [0.05, 0.1) is 5.02 Å². The van der Waals surface area contributed by atoms with Crippen LogP contribution in [0.2, 0.25) is 10.2 Å². The molecule has 1 heterocycles. The van der Waals surface area contributed by atoms with E-state index >= 15 is 0 Å². The molecule has 0 atom stereocenters. The summed E-state index contributed by atoms with van der Waals surface area (Å²) in [4.78, 5) is 3.75. The highest BCUT2D eigenvalue weighted by Crippen LogP contribution is 2.23. The molecule has 0 saturated heterocycles. The molecule has 5 nitrogen and oxygen atoms in total. The molecule has 1 aromatic heterocycles. The van der Waals surface area contributed by atoms with Crippen LogP contribution in [-0.4, -0.2) is 43.0 Å². The lowest BCUT2D eigenvalue weighted by Crippen LogP contribution is -2.28. The second-order valence-corrected chi connectivity index (χ2v) is 6.86. The Labute approximate surface area is 123 Å². The van der Waals surface area contributed by atoms with E-state index < -0.39 is 10.0 Å². The summed E-state index contributed by atoms with van der Waals surface area (Å²) in [6, 6.07) is 1.29. The van der Waals surface area contributed by atoms with Crippen LogP contribution in [-0.2, 0) is 10.0 Å². The number of halogens is 2. The summed E-state index contributed by atoms with van der Waals surface area (Å²) >= 11 is 11.4. The molecule has 1 N–H and O–H groups in total. The summed E-state index contributed by atoms with van der Waals surface area (Å²) in [5.74, 6) is 0. The second-order valence-electron chi connectivity index (χ2n) is 4.05. The first-order chi connectivity index (χ1) is 8.89. The maximum atomic E-state index is 12.2. The molecular weight excluding hydrogens is 311 g/mol. The summed E-state index contributed by atoms with van der Waals surface area (Å²) in [5.41, 5.74) is 0. The second kappa shape index (κ2) is 7.40. The van der Waals surface area contributed by atoms with E-state index in [0.717, 1.165) is 6.42 Å². The van der Waals surface area contributed by atoms with Crippen LogP contribution >= 0.6 is 23.2 Å². The number of hydrogen-bond acceptors (Lipinski definition) is 4. The van der Waals surface area contributed by atoms with E-state index in [1.54, 1.807) is 0 Å². The molecule has 0 amide bonds. The number of sulfonamides is 1. The number of aromatic nitrogens is 1. The number of unbranched alkanes of at least 4 members (excludes halogenated alkanes) is 2. The quantitative estimate of drug-likeness (QED) is 0.615. The van der Waals surface area contributed by atoms with Gasteiger partial charge in [0.2, 0.25) is 10.0 Å². The van der Waals surface area contributed by atoms with Crippen molar-refractivity contribution in [1.82, 2.24) is 9.29 Å². The third-order valence-corrected chi connectivity index (χ3v) is 5.12. The molecule has 108 valence electrons. The monoisotopic (exact) mass is 326 g/mol. The van der Waals surface area contributed by atoms with Crippen molar-refractivity contribution in [3.05, 3.63) is 22.4 Å². The Bertz CT molecular complexity index is 523. The highest BCUT2D eigenvalue weighted by molar-refractivity contribution is 7.89. The Balaban J connectivity index is 2.76. The zero-order valence-electron chi connectivity index (χ0n) is 10.5. The van der Waals surface area contributed by atoms with Crippen LogP contribution in [0.15, 0.2) is 17.2 Å². The number of hydrogen-bond donors (Lipinski definition) is 1. The third-order valence-electron chi connectivity index (χ3n) is 2.61. The maximum absolute atomic E-state index is 12.2. The fraction of sp³-hybridized carbons (Fsp3) is 0.545. The zero-order chi connectivity index (χ0) is 14.5. The van der Waals surface area contributed by atoms with Crippen molar-refractivity contribution in [2.24, 2.45) is 0 Å². The van der Waals surface area contributed by atoms with Crippen LogP contribution < -0.4 is 0 Å². The number of pyridine rings is 1. The van der Waals surface area contributed by atoms with Gasteiger partial charge in [-0.1, -0.05) is 23.2 Å². The highest BCUT2D eigenvalue weighted by Gasteiger charge is 2.21. The Morgan fingerprint density at radius 3 is 2.58 bits per heavy atom. The van der Waals surface area contributed by atoms with Gasteiger partial charge in [0.1, 0.15) is 10.0 Å². The normalized spacial score (nSPS) is 12.1. The number of aliphatic hydroxyl groups is 1. The Morgan fingerprint density at radius 1 is 1.32 bits per heavy atom. The smallest absolute Gasteiger partial charge is 0.244 e. The lowest BCUT2D eigenvalue weighted by Gasteiger charge is -2.17. The molecule has 0 aliphatic rings. The number of nitrogens with zero attached hydrogens (tertiary/aromatic N) is 2. The predicted molar refractivity (Wildman–Crippen MR) is 75.0 cm³/mol. The molecule has 1 aromatic rings. The van der Waals surface area contributed by atoms with Crippen molar-refractivity contribution in [2.45, 2.75) is 24.2 Å². The van der Waals surface area contributed by atoms with E-state index in [1.165, 1.54) is 23.6 Å². The van der Waals surface area contributed by atoms with Gasteiger partial charge in [-0.15, -0.1) is 0 Å². The molecule has 0 spiro atoms. The van der Waals surface area contributed by atoms with Crippen LogP contribution in [0.25, 0.3) is 0 Å². The topological polar surface area (TPSA) is 70.5 Å². The van der Waals surface area contributed by atoms with Crippen LogP contribution in [0.5, 0.6) is 0 Å². The van der Waals surface area contributed by atoms with Crippen molar-refractivity contribution >= 4 is 33.2 Å². The minimum atomic E-state index is -3.60. The summed E-state index contributed by atoms with van der Waals surface area (Å²) in [6.07, 6.45) is 3.32. The van der Waals surface area contributed by atoms with Crippen LogP contribution in [0.3, 0.4) is 0 Å². The van der Waals surface area contributed by atoms with E-state index in [2.05, 4.69) is 4.98 Å². The van der Waals surface area contributed by atoms with Crippen molar-refractivity contribution in [3.63, 3.8) is 0 Å². The van der Waals surface area contributed by atoms with E-state index in [1.807, 2.05) is 0 Å². The van der Waals surface area contributed by atoms with Gasteiger partial charge >= 0.3 is 0 Å². The largest absolute Gasteiger partial charge is 0.396 e. The molecule has 8 heteroatoms. The summed E-state index contributed by atoms with van der Waals surface area (Å²) < 4.78 is 25.6. The molecule has 0 aliphatic heterocycles. The van der Waals surface area contributed by atoms with Gasteiger partial charge in [-0.05, 0) is 25.3 Å². The standard InChI is InChI=1S/C11H16Cl2N2O3S/c1-15(5-3-2-4-6-16)19(17,18)9-7-10(12)11(13)14-8-9/h7-8,16H,2-6H2,1H3. The predicted octanol–water partition coefficient (Wildman–Crippen LogP) is 2.17. The lowest BCUT2D eigenvalue weighted by molar-refractivity contribution is 0.281. The van der Waals surface area contributed by atoms with Gasteiger partial charge in [0.15, 0.2) is 0 Å². The van der Waals surface area contributed by atoms with E-state index in [4.69, 9.17) is 28.3 Å². The van der Waals surface area contributed by atoms with Crippen molar-refractivity contribution in [3.8, 4) is 0 Å². The SMILES string of the molecule is CN(CCCCCO)S(=O)(=O)c1cnc(Cl)c(Cl)c1. The molecular formula is C11H16Cl2N2O3S. The van der Waals surface area contributed by atoms with Crippen LogP contribution in [0.4, 0.5) is 0 Å². The van der Waals surface area contributed by atoms with Crippen LogP contribution in [0, 0.1) is 0 Å². The van der Waals surface area contributed by atoms with Gasteiger partial charge in [-0.2, -0.15) is 0 Å². The molecule has 0 radical (unpaired) electrons. The van der Waals surface area contributed by atoms with E-state index in [9.17, 15) is 8.42 Å². The Hall–Kier alpha value is -0.400. The average Bonchev–Trinajstić information content (AvgIpc) is 2.37. The molecule has 0 aliphatic carbocycles. The van der Waals surface area contributed by atoms with Gasteiger partial charge in [0, 0.05) is 26.4 Å². The molecule has 1 rings (SSSR count). The summed E-state index contributed by atoms with van der Waals surface area (Å²) in [7, 11) is -2.10. The first-order valence-electron chi connectivity index (χ1n) is 5.78. The summed E-state index contributed by atoms with van der Waals surface area (Å²) in [6.45, 7) is 0.496. The molecule has 0 unspecified atom stereocenters. The first kappa shape index (κ1) is 16.7. The van der Waals surface area contributed by atoms with Gasteiger partial charge < -0.3 is 5.11 Å². The average molecular weight is 327 g/mol. The van der Waals surface area contributed by atoms with Gasteiger partial charge in [-0.3, -0.25) is 0 Å². The van der Waals surface area contributed by atoms with Gasteiger partial charge in [0.25, 0.3) is 0 Å². The van der Waals surface area contributed by atoms with E-state index in [-0.39, 0.29) is 21.7 Å². The first-order valence-corrected chi connectivity index (χ1v) is 7.97. The fourth-order valence-corrected chi connectivity index (χ4v) is 2.98. The Kier molecular flexibility index (Phi) is 6.49. The minimum absolute atomic E-state index is 0.0200. The third kappa shape index (κ3) is 4.57. The van der Waals surface area contributed by atoms with Crippen LogP contribution in [0.1, 0.15) is 19.3 Å². The van der Waals surface area contributed by atoms with Crippen molar-refractivity contribution in [1.29, 1.82) is 0 Å². The minimum Gasteiger partial charge on any atom is -0.396 e. The number of aliphatic hydroxyl groups excluding tert-OH is 1. The lowest BCUT2D eigenvalue weighted by atomic mass is 10.2. The van der Waals surface area contributed by atoms with Crippen molar-refractivity contribution in [2.75, 3.05) is 20.2 Å². The molecule has 0 aromatic carbocycles. The number of rotatable bonds is 7. The fourth-order valence-electron chi connectivity index (χ4n) is 1.47. The Morgan fingerprint density at radius 2 is 2.00 bits per heavy atom. The molecule has 0 bridgehead atoms. The molecule has 0 fully saturated rings. The summed E-state index contributed by atoms with van der Waals surface area (Å²) in [5, 5.41) is 8.84. The molecule has 0 saturated carbocycles. The van der Waals surface area contributed by atoms with Crippen molar-refractivity contribution < 1.29 is 13.5 Å². The van der Waals surface area contributed by atoms with E-state index in [0.29, 0.717) is 19.4 Å². The maximum Gasteiger partial charge on any atom is 0.244 e. The zero-order valence-corrected chi connectivity index (χ0v) is 12.8. The molecule has 19 heavy (non-hydrogen) atoms.